The van der Waals surface area contributed by atoms with E-state index in [0.717, 1.165) is 38.9 Å². The highest BCUT2D eigenvalue weighted by atomic mass is 16.6. The smallest absolute Gasteiger partial charge is 0.410 e. The van der Waals surface area contributed by atoms with Crippen LogP contribution >= 0.6 is 0 Å². The fraction of sp³-hybridized carbons (Fsp3) is 0.875. The van der Waals surface area contributed by atoms with E-state index < -0.39 is 5.60 Å². The Morgan fingerprint density at radius 1 is 1.27 bits per heavy atom. The predicted octanol–water partition coefficient (Wildman–Crippen LogP) is 1.21. The Morgan fingerprint density at radius 2 is 1.86 bits per heavy atom. The fourth-order valence-electron chi connectivity index (χ4n) is 4.30. The van der Waals surface area contributed by atoms with Crippen LogP contribution in [0.15, 0.2) is 0 Å². The molecule has 3 rings (SSSR count). The summed E-state index contributed by atoms with van der Waals surface area (Å²) in [7, 11) is 2.08. The van der Waals surface area contributed by atoms with Gasteiger partial charge in [0.2, 0.25) is 5.91 Å². The van der Waals surface area contributed by atoms with Gasteiger partial charge in [0, 0.05) is 31.7 Å². The predicted molar refractivity (Wildman–Crippen MR) is 82.4 cm³/mol. The first kappa shape index (κ1) is 15.6. The summed E-state index contributed by atoms with van der Waals surface area (Å²) in [5.41, 5.74) is -0.758. The SMILES string of the molecule is CN1CC2CC3(CCNC3=O)CC(C1)N2C(=O)OC(C)(C)C. The topological polar surface area (TPSA) is 61.9 Å². The Morgan fingerprint density at radius 3 is 2.32 bits per heavy atom. The summed E-state index contributed by atoms with van der Waals surface area (Å²) in [6.07, 6.45) is 2.16. The van der Waals surface area contributed by atoms with Gasteiger partial charge < -0.3 is 15.0 Å². The fourth-order valence-corrected chi connectivity index (χ4v) is 4.30. The monoisotopic (exact) mass is 309 g/mol. The van der Waals surface area contributed by atoms with Crippen molar-refractivity contribution in [3.8, 4) is 0 Å². The number of hydrogen-bond donors (Lipinski definition) is 1. The van der Waals surface area contributed by atoms with Crippen molar-refractivity contribution in [3.05, 3.63) is 0 Å². The standard InChI is InChI=1S/C16H27N3O3/c1-15(2,3)22-14(21)19-11-7-16(5-6-17-13(16)20)8-12(19)10-18(4)9-11/h11-12H,5-10H2,1-4H3,(H,17,20). The number of nitrogens with one attached hydrogen (secondary N) is 1. The van der Waals surface area contributed by atoms with Crippen LogP contribution in [-0.4, -0.2) is 66.2 Å². The van der Waals surface area contributed by atoms with Crippen LogP contribution in [0.25, 0.3) is 0 Å². The third-order valence-electron chi connectivity index (χ3n) is 5.06. The molecule has 3 fully saturated rings. The number of hydrogen-bond acceptors (Lipinski definition) is 4. The molecule has 6 heteroatoms. The summed E-state index contributed by atoms with van der Waals surface area (Å²) < 4.78 is 5.59. The molecule has 3 heterocycles. The average Bonchev–Trinajstić information content (AvgIpc) is 2.66. The number of rotatable bonds is 0. The van der Waals surface area contributed by atoms with Crippen molar-refractivity contribution >= 4 is 12.0 Å². The van der Waals surface area contributed by atoms with E-state index in [1.54, 1.807) is 0 Å². The Kier molecular flexibility index (Phi) is 3.62. The van der Waals surface area contributed by atoms with Gasteiger partial charge in [-0.15, -0.1) is 0 Å². The van der Waals surface area contributed by atoms with Crippen LogP contribution in [0.2, 0.25) is 0 Å². The number of likely N-dealkylation sites (tertiary alicyclic amines) is 1. The highest BCUT2D eigenvalue weighted by Crippen LogP contribution is 2.45. The molecule has 2 unspecified atom stereocenters. The van der Waals surface area contributed by atoms with Crippen LogP contribution in [0, 0.1) is 5.41 Å². The molecule has 3 aliphatic rings. The van der Waals surface area contributed by atoms with Gasteiger partial charge in [-0.3, -0.25) is 9.69 Å². The minimum atomic E-state index is -0.489. The molecule has 0 aromatic rings. The lowest BCUT2D eigenvalue weighted by atomic mass is 9.70. The van der Waals surface area contributed by atoms with E-state index >= 15 is 0 Å². The van der Waals surface area contributed by atoms with Gasteiger partial charge >= 0.3 is 6.09 Å². The third-order valence-corrected chi connectivity index (χ3v) is 5.06. The number of nitrogens with zero attached hydrogens (tertiary/aromatic N) is 2. The molecule has 0 aliphatic carbocycles. The molecule has 6 nitrogen and oxygen atoms in total. The minimum Gasteiger partial charge on any atom is -0.444 e. The number of piperazine rings is 1. The van der Waals surface area contributed by atoms with Gasteiger partial charge in [-0.05, 0) is 47.1 Å². The van der Waals surface area contributed by atoms with E-state index in [4.69, 9.17) is 4.74 Å². The van der Waals surface area contributed by atoms with Crippen molar-refractivity contribution < 1.29 is 14.3 Å². The number of carbonyl (C=O) groups is 2. The summed E-state index contributed by atoms with van der Waals surface area (Å²) in [4.78, 5) is 29.1. The van der Waals surface area contributed by atoms with Gasteiger partial charge in [0.25, 0.3) is 0 Å². The van der Waals surface area contributed by atoms with E-state index in [1.807, 2.05) is 25.7 Å². The van der Waals surface area contributed by atoms with Crippen molar-refractivity contribution in [1.29, 1.82) is 0 Å². The van der Waals surface area contributed by atoms with Crippen molar-refractivity contribution in [2.24, 2.45) is 5.41 Å². The normalized spacial score (nSPS) is 35.6. The average molecular weight is 309 g/mol. The largest absolute Gasteiger partial charge is 0.444 e. The maximum absolute atomic E-state index is 12.6. The van der Waals surface area contributed by atoms with Crippen LogP contribution in [0.5, 0.6) is 0 Å². The lowest BCUT2D eigenvalue weighted by Gasteiger charge is -2.53. The quantitative estimate of drug-likeness (QED) is 0.730. The molecule has 3 saturated heterocycles. The Hall–Kier alpha value is -1.30. The van der Waals surface area contributed by atoms with Gasteiger partial charge in [-0.25, -0.2) is 4.79 Å². The molecule has 0 aromatic carbocycles. The first-order chi connectivity index (χ1) is 10.2. The van der Waals surface area contributed by atoms with Crippen molar-refractivity contribution in [3.63, 3.8) is 0 Å². The molecule has 0 radical (unpaired) electrons. The lowest BCUT2D eigenvalue weighted by Crippen LogP contribution is -2.66. The third kappa shape index (κ3) is 2.69. The van der Waals surface area contributed by atoms with Gasteiger partial charge in [-0.2, -0.15) is 0 Å². The number of amides is 2. The van der Waals surface area contributed by atoms with Crippen molar-refractivity contribution in [2.75, 3.05) is 26.7 Å². The molecule has 124 valence electrons. The molecule has 2 bridgehead atoms. The Labute approximate surface area is 132 Å². The number of carbonyl (C=O) groups excluding carboxylic acids is 2. The zero-order valence-corrected chi connectivity index (χ0v) is 14.0. The van der Waals surface area contributed by atoms with E-state index in [-0.39, 0.29) is 29.5 Å². The van der Waals surface area contributed by atoms with E-state index in [1.165, 1.54) is 0 Å². The second-order valence-corrected chi connectivity index (χ2v) is 8.11. The van der Waals surface area contributed by atoms with Gasteiger partial charge in [0.15, 0.2) is 0 Å². The van der Waals surface area contributed by atoms with E-state index in [2.05, 4.69) is 17.3 Å². The molecular formula is C16H27N3O3. The number of likely N-dealkylation sites (N-methyl/N-ethyl adjacent to an activating group) is 1. The Balaban J connectivity index is 1.82. The van der Waals surface area contributed by atoms with Crippen molar-refractivity contribution in [2.45, 2.75) is 57.7 Å². The van der Waals surface area contributed by atoms with Gasteiger partial charge in [-0.1, -0.05) is 0 Å². The molecule has 22 heavy (non-hydrogen) atoms. The zero-order chi connectivity index (χ0) is 16.1. The van der Waals surface area contributed by atoms with Crippen LogP contribution in [-0.2, 0) is 9.53 Å². The molecular weight excluding hydrogens is 282 g/mol. The molecule has 1 spiro atoms. The number of piperidine rings is 1. The highest BCUT2D eigenvalue weighted by Gasteiger charge is 2.54. The second kappa shape index (κ2) is 5.11. The number of ether oxygens (including phenoxy) is 1. The summed E-state index contributed by atoms with van der Waals surface area (Å²) in [5, 5.41) is 2.98. The molecule has 2 amide bonds. The van der Waals surface area contributed by atoms with Crippen molar-refractivity contribution in [1.82, 2.24) is 15.1 Å². The Bertz CT molecular complexity index is 470. The van der Waals surface area contributed by atoms with E-state index in [9.17, 15) is 9.59 Å². The lowest BCUT2D eigenvalue weighted by molar-refractivity contribution is -0.136. The first-order valence-electron chi connectivity index (χ1n) is 8.18. The molecule has 3 aliphatic heterocycles. The van der Waals surface area contributed by atoms with Crippen LogP contribution in [0.1, 0.15) is 40.0 Å². The van der Waals surface area contributed by atoms with E-state index in [0.29, 0.717) is 0 Å². The zero-order valence-electron chi connectivity index (χ0n) is 14.0. The maximum Gasteiger partial charge on any atom is 0.410 e. The molecule has 0 saturated carbocycles. The summed E-state index contributed by atoms with van der Waals surface area (Å²) in [6.45, 7) is 8.06. The minimum absolute atomic E-state index is 0.0659. The summed E-state index contributed by atoms with van der Waals surface area (Å²) in [6, 6.07) is 0.132. The summed E-state index contributed by atoms with van der Waals surface area (Å²) >= 11 is 0. The molecule has 0 aromatic heterocycles. The molecule has 1 N–H and O–H groups in total. The second-order valence-electron chi connectivity index (χ2n) is 8.11. The number of fused-ring (bicyclic) bond motifs is 2. The summed E-state index contributed by atoms with van der Waals surface area (Å²) in [5.74, 6) is 0.177. The van der Waals surface area contributed by atoms with Crippen LogP contribution in [0.3, 0.4) is 0 Å². The van der Waals surface area contributed by atoms with Crippen LogP contribution < -0.4 is 5.32 Å². The van der Waals surface area contributed by atoms with Crippen LogP contribution in [0.4, 0.5) is 4.79 Å². The molecule has 2 atom stereocenters. The highest BCUT2D eigenvalue weighted by molar-refractivity contribution is 5.85. The first-order valence-corrected chi connectivity index (χ1v) is 8.18. The van der Waals surface area contributed by atoms with Gasteiger partial charge in [0.1, 0.15) is 5.60 Å². The van der Waals surface area contributed by atoms with Gasteiger partial charge in [0.05, 0.1) is 5.41 Å². The maximum atomic E-state index is 12.6.